The van der Waals surface area contributed by atoms with Crippen LogP contribution in [-0.2, 0) is 6.54 Å². The smallest absolute Gasteiger partial charge is 0.269 e. The number of anilines is 2. The van der Waals surface area contributed by atoms with Crippen LogP contribution in [0, 0.1) is 11.3 Å². The minimum Gasteiger partial charge on any atom is -0.367 e. The molecule has 130 valence electrons. The van der Waals surface area contributed by atoms with Crippen molar-refractivity contribution in [2.24, 2.45) is 0 Å². The molecule has 0 unspecified atom stereocenters. The van der Waals surface area contributed by atoms with Crippen LogP contribution >= 0.6 is 0 Å². The van der Waals surface area contributed by atoms with Crippen LogP contribution in [0.3, 0.4) is 0 Å². The van der Waals surface area contributed by atoms with E-state index in [0.29, 0.717) is 37.4 Å². The van der Waals surface area contributed by atoms with Gasteiger partial charge in [0.15, 0.2) is 0 Å². The number of rotatable bonds is 4. The van der Waals surface area contributed by atoms with Gasteiger partial charge in [0.05, 0.1) is 23.5 Å². The number of nitriles is 1. The first-order valence-electron chi connectivity index (χ1n) is 7.78. The molecule has 3 rings (SSSR count). The van der Waals surface area contributed by atoms with Crippen molar-refractivity contribution in [3.8, 4) is 6.07 Å². The van der Waals surface area contributed by atoms with E-state index in [2.05, 4.69) is 21.1 Å². The van der Waals surface area contributed by atoms with Crippen LogP contribution in [0.4, 0.5) is 20.3 Å². The van der Waals surface area contributed by atoms with Crippen molar-refractivity contribution in [2.75, 3.05) is 36.0 Å². The van der Waals surface area contributed by atoms with Gasteiger partial charge in [-0.3, -0.25) is 4.79 Å². The number of halogens is 2. The Kier molecular flexibility index (Phi) is 4.88. The number of hydrogen-bond donors (Lipinski definition) is 0. The molecule has 2 aromatic rings. The maximum Gasteiger partial charge on any atom is 0.269 e. The highest BCUT2D eigenvalue weighted by Crippen LogP contribution is 2.18. The van der Waals surface area contributed by atoms with Gasteiger partial charge in [0.2, 0.25) is 0 Å². The third-order valence-electron chi connectivity index (χ3n) is 4.01. The summed E-state index contributed by atoms with van der Waals surface area (Å²) in [4.78, 5) is 20.2. The number of pyridine rings is 1. The maximum absolute atomic E-state index is 12.4. The topological polar surface area (TPSA) is 78.1 Å². The molecule has 0 amide bonds. The lowest BCUT2D eigenvalue weighted by atomic mass is 10.2. The fourth-order valence-corrected chi connectivity index (χ4v) is 2.72. The molecule has 0 N–H and O–H groups in total. The summed E-state index contributed by atoms with van der Waals surface area (Å²) in [7, 11) is 0. The van der Waals surface area contributed by atoms with Gasteiger partial charge in [0.25, 0.3) is 12.0 Å². The van der Waals surface area contributed by atoms with E-state index in [1.807, 2.05) is 4.90 Å². The third kappa shape index (κ3) is 3.91. The molecule has 25 heavy (non-hydrogen) atoms. The summed E-state index contributed by atoms with van der Waals surface area (Å²) in [6, 6.07) is 6.81. The van der Waals surface area contributed by atoms with Crippen LogP contribution in [0.2, 0.25) is 0 Å². The third-order valence-corrected chi connectivity index (χ3v) is 4.01. The highest BCUT2D eigenvalue weighted by molar-refractivity contribution is 5.49. The van der Waals surface area contributed by atoms with Crippen LogP contribution in [0.5, 0.6) is 0 Å². The van der Waals surface area contributed by atoms with Gasteiger partial charge in [-0.05, 0) is 12.1 Å². The van der Waals surface area contributed by atoms with Crippen LogP contribution in [-0.4, -0.2) is 47.4 Å². The highest BCUT2D eigenvalue weighted by Gasteiger charge is 2.19. The number of hydrogen-bond acceptors (Lipinski definition) is 6. The van der Waals surface area contributed by atoms with Crippen molar-refractivity contribution >= 4 is 11.5 Å². The molecule has 3 heterocycles. The zero-order valence-electron chi connectivity index (χ0n) is 13.3. The van der Waals surface area contributed by atoms with Crippen molar-refractivity contribution < 1.29 is 8.78 Å². The molecule has 1 fully saturated rings. The Morgan fingerprint density at radius 3 is 2.56 bits per heavy atom. The molecular weight excluding hydrogens is 330 g/mol. The lowest BCUT2D eigenvalue weighted by Gasteiger charge is -2.36. The van der Waals surface area contributed by atoms with Gasteiger partial charge < -0.3 is 9.80 Å². The predicted octanol–water partition coefficient (Wildman–Crippen LogP) is 1.10. The summed E-state index contributed by atoms with van der Waals surface area (Å²) in [6.45, 7) is 1.91. The molecule has 9 heteroatoms. The molecule has 0 radical (unpaired) electrons. The van der Waals surface area contributed by atoms with E-state index < -0.39 is 18.5 Å². The normalized spacial score (nSPS) is 14.6. The first kappa shape index (κ1) is 16.8. The molecule has 2 aromatic heterocycles. The molecule has 1 saturated heterocycles. The summed E-state index contributed by atoms with van der Waals surface area (Å²) in [6.07, 6.45) is 0.428. The van der Waals surface area contributed by atoms with E-state index in [9.17, 15) is 13.6 Å². The van der Waals surface area contributed by atoms with Gasteiger partial charge >= 0.3 is 0 Å². The quantitative estimate of drug-likeness (QED) is 0.825. The van der Waals surface area contributed by atoms with Crippen molar-refractivity contribution in [1.82, 2.24) is 14.8 Å². The maximum atomic E-state index is 12.4. The molecule has 1 aliphatic heterocycles. The number of aromatic nitrogens is 3. The van der Waals surface area contributed by atoms with E-state index in [0.717, 1.165) is 10.5 Å². The van der Waals surface area contributed by atoms with E-state index in [1.54, 1.807) is 18.3 Å². The van der Waals surface area contributed by atoms with Gasteiger partial charge in [-0.15, -0.1) is 0 Å². The summed E-state index contributed by atoms with van der Waals surface area (Å²) >= 11 is 0. The summed E-state index contributed by atoms with van der Waals surface area (Å²) in [5.41, 5.74) is 0.636. The lowest BCUT2D eigenvalue weighted by Crippen LogP contribution is -2.47. The summed E-state index contributed by atoms with van der Waals surface area (Å²) < 4.78 is 25.5. The van der Waals surface area contributed by atoms with E-state index in [-0.39, 0.29) is 0 Å². The average molecular weight is 346 g/mol. The fraction of sp³-hybridized carbons (Fsp3) is 0.375. The molecular formula is C16H16F2N6O. The van der Waals surface area contributed by atoms with Gasteiger partial charge in [0, 0.05) is 38.4 Å². The Labute approximate surface area is 142 Å². The zero-order chi connectivity index (χ0) is 17.8. The Morgan fingerprint density at radius 2 is 1.92 bits per heavy atom. The van der Waals surface area contributed by atoms with Crippen LogP contribution < -0.4 is 15.4 Å². The zero-order valence-corrected chi connectivity index (χ0v) is 13.3. The number of nitrogens with zero attached hydrogens (tertiary/aromatic N) is 6. The fourth-order valence-electron chi connectivity index (χ4n) is 2.72. The Hall–Kier alpha value is -3.02. The first-order chi connectivity index (χ1) is 12.1. The van der Waals surface area contributed by atoms with E-state index in [1.165, 1.54) is 12.3 Å². The van der Waals surface area contributed by atoms with Crippen molar-refractivity contribution in [1.29, 1.82) is 5.26 Å². The number of piperazine rings is 1. The van der Waals surface area contributed by atoms with Crippen molar-refractivity contribution in [3.05, 3.63) is 46.5 Å². The minimum absolute atomic E-state index is 0.538. The molecule has 0 saturated carbocycles. The van der Waals surface area contributed by atoms with Gasteiger partial charge in [-0.25, -0.2) is 18.4 Å². The predicted molar refractivity (Wildman–Crippen MR) is 87.9 cm³/mol. The van der Waals surface area contributed by atoms with E-state index in [4.69, 9.17) is 5.26 Å². The van der Waals surface area contributed by atoms with Crippen LogP contribution in [0.15, 0.2) is 35.4 Å². The molecule has 0 aliphatic carbocycles. The van der Waals surface area contributed by atoms with Crippen LogP contribution in [0.25, 0.3) is 0 Å². The number of alkyl halides is 2. The molecule has 7 nitrogen and oxygen atoms in total. The summed E-state index contributed by atoms with van der Waals surface area (Å²) in [5, 5.41) is 12.8. The Bertz CT molecular complexity index is 839. The van der Waals surface area contributed by atoms with Crippen molar-refractivity contribution in [2.45, 2.75) is 13.0 Å². The second-order valence-corrected chi connectivity index (χ2v) is 5.61. The molecule has 0 atom stereocenters. The monoisotopic (exact) mass is 346 g/mol. The molecule has 0 aromatic carbocycles. The minimum atomic E-state index is -2.61. The Balaban J connectivity index is 1.67. The molecule has 0 bridgehead atoms. The lowest BCUT2D eigenvalue weighted by molar-refractivity contribution is 0.119. The largest absolute Gasteiger partial charge is 0.367 e. The van der Waals surface area contributed by atoms with Crippen molar-refractivity contribution in [3.63, 3.8) is 0 Å². The second-order valence-electron chi connectivity index (χ2n) is 5.61. The standard InChI is InChI=1S/C16H16F2N6O/c17-14(18)11-24-16(25)8-13(10-21-24)22-3-5-23(6-4-22)15-7-12(9-19)1-2-20-15/h1-2,7-8,10,14H,3-6,11H2. The van der Waals surface area contributed by atoms with Gasteiger partial charge in [-0.2, -0.15) is 10.4 Å². The first-order valence-corrected chi connectivity index (χ1v) is 7.78. The van der Waals surface area contributed by atoms with Gasteiger partial charge in [-0.1, -0.05) is 0 Å². The highest BCUT2D eigenvalue weighted by atomic mass is 19.3. The summed E-state index contributed by atoms with van der Waals surface area (Å²) in [5.74, 6) is 0.740. The van der Waals surface area contributed by atoms with Gasteiger partial charge in [0.1, 0.15) is 12.4 Å². The molecule has 1 aliphatic rings. The average Bonchev–Trinajstić information content (AvgIpc) is 2.63. The SMILES string of the molecule is N#Cc1ccnc(N2CCN(c3cnn(CC(F)F)c(=O)c3)CC2)c1. The Morgan fingerprint density at radius 1 is 1.20 bits per heavy atom. The molecule has 0 spiro atoms. The van der Waals surface area contributed by atoms with E-state index >= 15 is 0 Å². The van der Waals surface area contributed by atoms with Crippen LogP contribution in [0.1, 0.15) is 5.56 Å². The second kappa shape index (κ2) is 7.25.